The van der Waals surface area contributed by atoms with Crippen LogP contribution < -0.4 is 0 Å². The molecule has 2 aromatic heterocycles. The van der Waals surface area contributed by atoms with Crippen LogP contribution in [0.5, 0.6) is 0 Å². The SMILES string of the molecule is O=C(c1cnccc1Cl)N(Cc1ccco1)C1CC1. The van der Waals surface area contributed by atoms with E-state index in [0.717, 1.165) is 18.6 Å². The number of carbonyl (C=O) groups is 1. The van der Waals surface area contributed by atoms with Crippen LogP contribution in [0.1, 0.15) is 29.0 Å². The largest absolute Gasteiger partial charge is 0.467 e. The van der Waals surface area contributed by atoms with Crippen molar-refractivity contribution in [2.75, 3.05) is 0 Å². The maximum absolute atomic E-state index is 12.5. The van der Waals surface area contributed by atoms with Crippen molar-refractivity contribution in [3.63, 3.8) is 0 Å². The highest BCUT2D eigenvalue weighted by molar-refractivity contribution is 6.33. The zero-order valence-corrected chi connectivity index (χ0v) is 11.0. The van der Waals surface area contributed by atoms with Crippen LogP contribution in [-0.4, -0.2) is 21.8 Å². The molecule has 1 aliphatic rings. The molecule has 0 N–H and O–H groups in total. The molecule has 98 valence electrons. The quantitative estimate of drug-likeness (QED) is 0.862. The van der Waals surface area contributed by atoms with E-state index in [-0.39, 0.29) is 11.9 Å². The van der Waals surface area contributed by atoms with E-state index in [0.29, 0.717) is 17.1 Å². The average molecular weight is 277 g/mol. The summed E-state index contributed by atoms with van der Waals surface area (Å²) >= 11 is 6.06. The monoisotopic (exact) mass is 276 g/mol. The Bertz CT molecular complexity index is 579. The topological polar surface area (TPSA) is 46.3 Å². The van der Waals surface area contributed by atoms with E-state index in [9.17, 15) is 4.79 Å². The second-order valence-electron chi connectivity index (χ2n) is 4.60. The number of aromatic nitrogens is 1. The lowest BCUT2D eigenvalue weighted by atomic mass is 10.2. The molecule has 0 radical (unpaired) electrons. The summed E-state index contributed by atoms with van der Waals surface area (Å²) in [7, 11) is 0. The van der Waals surface area contributed by atoms with Crippen LogP contribution in [0.4, 0.5) is 0 Å². The summed E-state index contributed by atoms with van der Waals surface area (Å²) in [6.45, 7) is 0.474. The summed E-state index contributed by atoms with van der Waals surface area (Å²) in [6, 6.07) is 5.61. The Morgan fingerprint density at radius 1 is 1.47 bits per heavy atom. The smallest absolute Gasteiger partial charge is 0.257 e. The first-order valence-electron chi connectivity index (χ1n) is 6.18. The van der Waals surface area contributed by atoms with Crippen LogP contribution in [-0.2, 0) is 6.54 Å². The third-order valence-electron chi connectivity index (χ3n) is 3.15. The average Bonchev–Trinajstić information content (AvgIpc) is 3.13. The van der Waals surface area contributed by atoms with Crippen molar-refractivity contribution in [1.82, 2.24) is 9.88 Å². The summed E-state index contributed by atoms with van der Waals surface area (Å²) in [5.41, 5.74) is 0.447. The summed E-state index contributed by atoms with van der Waals surface area (Å²) in [6.07, 6.45) is 6.77. The van der Waals surface area contributed by atoms with Gasteiger partial charge in [0.15, 0.2) is 0 Å². The summed E-state index contributed by atoms with van der Waals surface area (Å²) in [5, 5.41) is 0.435. The number of hydrogen-bond donors (Lipinski definition) is 0. The first kappa shape index (κ1) is 12.2. The van der Waals surface area contributed by atoms with Gasteiger partial charge in [0.05, 0.1) is 23.4 Å². The van der Waals surface area contributed by atoms with E-state index in [1.165, 1.54) is 6.20 Å². The predicted molar refractivity (Wildman–Crippen MR) is 70.9 cm³/mol. The van der Waals surface area contributed by atoms with Crippen LogP contribution in [0.3, 0.4) is 0 Å². The van der Waals surface area contributed by atoms with Gasteiger partial charge in [0.1, 0.15) is 5.76 Å². The first-order chi connectivity index (χ1) is 9.25. The molecule has 1 amide bonds. The molecule has 5 heteroatoms. The molecule has 0 unspecified atom stereocenters. The zero-order valence-electron chi connectivity index (χ0n) is 10.3. The number of furan rings is 1. The fourth-order valence-corrected chi connectivity index (χ4v) is 2.20. The molecule has 1 saturated carbocycles. The minimum absolute atomic E-state index is 0.0861. The second kappa shape index (κ2) is 5.05. The fraction of sp³-hybridized carbons (Fsp3) is 0.286. The van der Waals surface area contributed by atoms with Gasteiger partial charge in [-0.25, -0.2) is 0 Å². The molecule has 3 rings (SSSR count). The van der Waals surface area contributed by atoms with E-state index in [1.807, 2.05) is 17.0 Å². The maximum atomic E-state index is 12.5. The van der Waals surface area contributed by atoms with Crippen molar-refractivity contribution in [1.29, 1.82) is 0 Å². The van der Waals surface area contributed by atoms with Gasteiger partial charge in [-0.05, 0) is 31.0 Å². The van der Waals surface area contributed by atoms with Crippen molar-refractivity contribution in [2.45, 2.75) is 25.4 Å². The molecule has 0 aliphatic heterocycles. The molecule has 2 heterocycles. The molecule has 0 bridgehead atoms. The Morgan fingerprint density at radius 2 is 2.32 bits per heavy atom. The Hall–Kier alpha value is -1.81. The van der Waals surface area contributed by atoms with E-state index in [2.05, 4.69) is 4.98 Å². The lowest BCUT2D eigenvalue weighted by molar-refractivity contribution is 0.0717. The van der Waals surface area contributed by atoms with Crippen LogP contribution >= 0.6 is 11.6 Å². The van der Waals surface area contributed by atoms with Gasteiger partial charge < -0.3 is 9.32 Å². The van der Waals surface area contributed by atoms with Gasteiger partial charge in [0, 0.05) is 18.4 Å². The third kappa shape index (κ3) is 2.63. The van der Waals surface area contributed by atoms with E-state index >= 15 is 0 Å². The number of halogens is 1. The molecule has 0 spiro atoms. The molecule has 0 aromatic carbocycles. The van der Waals surface area contributed by atoms with Gasteiger partial charge >= 0.3 is 0 Å². The van der Waals surface area contributed by atoms with Crippen molar-refractivity contribution >= 4 is 17.5 Å². The van der Waals surface area contributed by atoms with Gasteiger partial charge in [0.25, 0.3) is 5.91 Å². The highest BCUT2D eigenvalue weighted by atomic mass is 35.5. The normalized spacial score (nSPS) is 14.4. The molecule has 19 heavy (non-hydrogen) atoms. The Balaban J connectivity index is 1.84. The van der Waals surface area contributed by atoms with Crippen molar-refractivity contribution in [3.05, 3.63) is 53.2 Å². The number of pyridine rings is 1. The minimum atomic E-state index is -0.0861. The third-order valence-corrected chi connectivity index (χ3v) is 3.48. The van der Waals surface area contributed by atoms with E-state index < -0.39 is 0 Å². The fourth-order valence-electron chi connectivity index (χ4n) is 2.01. The molecule has 1 aliphatic carbocycles. The summed E-state index contributed by atoms with van der Waals surface area (Å²) < 4.78 is 5.32. The van der Waals surface area contributed by atoms with Gasteiger partial charge in [-0.2, -0.15) is 0 Å². The summed E-state index contributed by atoms with van der Waals surface area (Å²) in [4.78, 5) is 18.3. The van der Waals surface area contributed by atoms with Gasteiger partial charge in [0.2, 0.25) is 0 Å². The van der Waals surface area contributed by atoms with Crippen LogP contribution in [0.25, 0.3) is 0 Å². The lowest BCUT2D eigenvalue weighted by Crippen LogP contribution is -2.32. The second-order valence-corrected chi connectivity index (χ2v) is 5.01. The lowest BCUT2D eigenvalue weighted by Gasteiger charge is -2.21. The maximum Gasteiger partial charge on any atom is 0.257 e. The highest BCUT2D eigenvalue weighted by Gasteiger charge is 2.34. The molecule has 2 aromatic rings. The number of carbonyl (C=O) groups excluding carboxylic acids is 1. The van der Waals surface area contributed by atoms with Crippen LogP contribution in [0, 0.1) is 0 Å². The Labute approximate surface area is 116 Å². The standard InChI is InChI=1S/C14H13ClN2O2/c15-13-5-6-16-8-12(13)14(18)17(10-3-4-10)9-11-2-1-7-19-11/h1-2,5-8,10H,3-4,9H2. The molecular formula is C14H13ClN2O2. The first-order valence-corrected chi connectivity index (χ1v) is 6.56. The predicted octanol–water partition coefficient (Wildman–Crippen LogP) is 3.13. The molecule has 4 nitrogen and oxygen atoms in total. The molecule has 0 atom stereocenters. The Morgan fingerprint density at radius 3 is 2.95 bits per heavy atom. The Kier molecular flexibility index (Phi) is 3.25. The number of nitrogens with zero attached hydrogens (tertiary/aromatic N) is 2. The molecule has 0 saturated heterocycles. The summed E-state index contributed by atoms with van der Waals surface area (Å²) in [5.74, 6) is 0.692. The number of hydrogen-bond acceptors (Lipinski definition) is 3. The van der Waals surface area contributed by atoms with Crippen LogP contribution in [0.2, 0.25) is 5.02 Å². The van der Waals surface area contributed by atoms with Crippen molar-refractivity contribution in [3.8, 4) is 0 Å². The number of rotatable bonds is 4. The molecule has 1 fully saturated rings. The minimum Gasteiger partial charge on any atom is -0.467 e. The van der Waals surface area contributed by atoms with Crippen molar-refractivity contribution < 1.29 is 9.21 Å². The van der Waals surface area contributed by atoms with Gasteiger partial charge in [-0.15, -0.1) is 0 Å². The van der Waals surface area contributed by atoms with E-state index in [1.54, 1.807) is 18.5 Å². The number of amides is 1. The molecular weight excluding hydrogens is 264 g/mol. The van der Waals surface area contributed by atoms with Crippen molar-refractivity contribution in [2.24, 2.45) is 0 Å². The van der Waals surface area contributed by atoms with Gasteiger partial charge in [-0.1, -0.05) is 11.6 Å². The van der Waals surface area contributed by atoms with E-state index in [4.69, 9.17) is 16.0 Å². The van der Waals surface area contributed by atoms with Gasteiger partial charge in [-0.3, -0.25) is 9.78 Å². The van der Waals surface area contributed by atoms with Crippen LogP contribution in [0.15, 0.2) is 41.3 Å². The zero-order chi connectivity index (χ0) is 13.2. The highest BCUT2D eigenvalue weighted by Crippen LogP contribution is 2.31.